The van der Waals surface area contributed by atoms with Crippen molar-refractivity contribution < 1.29 is 37.5 Å². The van der Waals surface area contributed by atoms with Crippen molar-refractivity contribution in [3.05, 3.63) is 69.3 Å². The third-order valence-electron chi connectivity index (χ3n) is 3.70. The van der Waals surface area contributed by atoms with Gasteiger partial charge < -0.3 is 14.2 Å². The highest BCUT2D eigenvalue weighted by molar-refractivity contribution is 5.99. The predicted molar refractivity (Wildman–Crippen MR) is 89.9 cm³/mol. The molecule has 0 saturated heterocycles. The van der Waals surface area contributed by atoms with E-state index in [2.05, 4.69) is 0 Å². The van der Waals surface area contributed by atoms with E-state index in [1.165, 1.54) is 12.1 Å². The van der Waals surface area contributed by atoms with Crippen LogP contribution in [0, 0.1) is 21.7 Å². The highest BCUT2D eigenvalue weighted by Gasteiger charge is 2.22. The molecular formula is C18H11F2NO7. The third kappa shape index (κ3) is 4.11. The van der Waals surface area contributed by atoms with Crippen molar-refractivity contribution in [3.8, 4) is 11.5 Å². The predicted octanol–water partition coefficient (Wildman–Crippen LogP) is 3.04. The number of rotatable bonds is 6. The average molecular weight is 391 g/mol. The number of halogens is 2. The number of ketones is 1. The lowest BCUT2D eigenvalue weighted by molar-refractivity contribution is -0.385. The molecule has 0 N–H and O–H groups in total. The highest BCUT2D eigenvalue weighted by atomic mass is 19.2. The molecule has 0 spiro atoms. The largest absolute Gasteiger partial charge is 0.454 e. The number of carbonyl (C=O) groups excluding carboxylic acids is 2. The fourth-order valence-corrected chi connectivity index (χ4v) is 2.33. The number of fused-ring (bicyclic) bond motifs is 1. The molecule has 0 radical (unpaired) electrons. The van der Waals surface area contributed by atoms with Crippen molar-refractivity contribution in [2.75, 3.05) is 13.4 Å². The van der Waals surface area contributed by atoms with Gasteiger partial charge >= 0.3 is 5.97 Å². The van der Waals surface area contributed by atoms with Crippen LogP contribution in [0.15, 0.2) is 36.4 Å². The second-order valence-electron chi connectivity index (χ2n) is 5.51. The number of Topliss-reactive ketones (excluding diaryl/α,β-unsaturated/α-hetero) is 1. The minimum absolute atomic E-state index is 0.0677. The number of nitro groups is 1. The number of hydrogen-bond donors (Lipinski definition) is 0. The van der Waals surface area contributed by atoms with Crippen LogP contribution in [-0.4, -0.2) is 30.1 Å². The monoisotopic (exact) mass is 391 g/mol. The van der Waals surface area contributed by atoms with Gasteiger partial charge in [0.25, 0.3) is 5.69 Å². The number of nitrogens with zero attached hydrogens (tertiary/aromatic N) is 1. The molecule has 0 fully saturated rings. The van der Waals surface area contributed by atoms with Crippen LogP contribution in [-0.2, 0) is 9.53 Å². The van der Waals surface area contributed by atoms with Crippen LogP contribution in [0.1, 0.15) is 15.9 Å². The van der Waals surface area contributed by atoms with Gasteiger partial charge in [-0.2, -0.15) is 0 Å². The maximum absolute atomic E-state index is 13.1. The van der Waals surface area contributed by atoms with Gasteiger partial charge in [-0.05, 0) is 30.3 Å². The van der Waals surface area contributed by atoms with E-state index >= 15 is 0 Å². The zero-order chi connectivity index (χ0) is 20.3. The Morgan fingerprint density at radius 1 is 1.14 bits per heavy atom. The van der Waals surface area contributed by atoms with E-state index in [0.717, 1.165) is 24.3 Å². The van der Waals surface area contributed by atoms with E-state index in [1.807, 2.05) is 0 Å². The van der Waals surface area contributed by atoms with Crippen LogP contribution in [0.5, 0.6) is 11.5 Å². The summed E-state index contributed by atoms with van der Waals surface area (Å²) >= 11 is 0. The lowest BCUT2D eigenvalue weighted by Gasteiger charge is -2.03. The Morgan fingerprint density at radius 2 is 1.86 bits per heavy atom. The van der Waals surface area contributed by atoms with Crippen LogP contribution in [0.2, 0.25) is 0 Å². The summed E-state index contributed by atoms with van der Waals surface area (Å²) in [6, 6.07) is 5.03. The molecule has 0 unspecified atom stereocenters. The Kier molecular flexibility index (Phi) is 5.30. The molecular weight excluding hydrogens is 380 g/mol. The molecule has 1 aliphatic heterocycles. The molecule has 0 bridgehead atoms. The maximum atomic E-state index is 13.1. The second-order valence-corrected chi connectivity index (χ2v) is 5.51. The molecule has 3 rings (SSSR count). The molecule has 2 aromatic carbocycles. The van der Waals surface area contributed by atoms with Gasteiger partial charge in [-0.15, -0.1) is 0 Å². The smallest absolute Gasteiger partial charge is 0.331 e. The second kappa shape index (κ2) is 7.82. The standard InChI is InChI=1S/C18H11F2NO7/c19-12-3-1-11(5-13(12)20)15(22)8-26-18(23)4-2-10-6-16-17(28-9-27-16)7-14(10)21(24)25/h1-7H,8-9H2/b4-2+. The van der Waals surface area contributed by atoms with Crippen molar-refractivity contribution in [2.45, 2.75) is 0 Å². The van der Waals surface area contributed by atoms with Crippen molar-refractivity contribution in [3.63, 3.8) is 0 Å². The van der Waals surface area contributed by atoms with E-state index in [1.54, 1.807) is 0 Å². The molecule has 0 aromatic heterocycles. The van der Waals surface area contributed by atoms with Gasteiger partial charge in [0.15, 0.2) is 35.5 Å². The Balaban J connectivity index is 1.66. The lowest BCUT2D eigenvalue weighted by Crippen LogP contribution is -2.13. The van der Waals surface area contributed by atoms with E-state index in [9.17, 15) is 28.5 Å². The fourth-order valence-electron chi connectivity index (χ4n) is 2.33. The Morgan fingerprint density at radius 3 is 2.54 bits per heavy atom. The molecule has 1 heterocycles. The van der Waals surface area contributed by atoms with Crippen LogP contribution < -0.4 is 9.47 Å². The third-order valence-corrected chi connectivity index (χ3v) is 3.70. The average Bonchev–Trinajstić information content (AvgIpc) is 3.13. The van der Waals surface area contributed by atoms with Crippen LogP contribution in [0.25, 0.3) is 6.08 Å². The topological polar surface area (TPSA) is 105 Å². The molecule has 0 amide bonds. The van der Waals surface area contributed by atoms with Gasteiger partial charge in [0, 0.05) is 11.6 Å². The number of carbonyl (C=O) groups is 2. The molecule has 0 atom stereocenters. The van der Waals surface area contributed by atoms with Crippen LogP contribution >= 0.6 is 0 Å². The van der Waals surface area contributed by atoms with Gasteiger partial charge in [-0.25, -0.2) is 13.6 Å². The van der Waals surface area contributed by atoms with Gasteiger partial charge in [0.1, 0.15) is 0 Å². The summed E-state index contributed by atoms with van der Waals surface area (Å²) in [6.07, 6.45) is 2.02. The molecule has 28 heavy (non-hydrogen) atoms. The Bertz CT molecular complexity index is 1000. The van der Waals surface area contributed by atoms with E-state index in [0.29, 0.717) is 6.07 Å². The van der Waals surface area contributed by atoms with Gasteiger partial charge in [-0.3, -0.25) is 14.9 Å². The fraction of sp³-hybridized carbons (Fsp3) is 0.111. The minimum Gasteiger partial charge on any atom is -0.454 e. The van der Waals surface area contributed by atoms with Crippen LogP contribution in [0.3, 0.4) is 0 Å². The summed E-state index contributed by atoms with van der Waals surface area (Å²) in [7, 11) is 0. The molecule has 0 aliphatic carbocycles. The first kappa shape index (κ1) is 19.0. The first-order valence-corrected chi connectivity index (χ1v) is 7.76. The zero-order valence-electron chi connectivity index (χ0n) is 14.0. The molecule has 144 valence electrons. The molecule has 1 aliphatic rings. The summed E-state index contributed by atoms with van der Waals surface area (Å²) in [5, 5.41) is 11.1. The Hall–Kier alpha value is -3.82. The Labute approximate surface area is 156 Å². The SMILES string of the molecule is O=C(/C=C/c1cc2c(cc1[N+](=O)[O-])OCO2)OCC(=O)c1ccc(F)c(F)c1. The molecule has 0 saturated carbocycles. The van der Waals surface area contributed by atoms with Gasteiger partial charge in [0.2, 0.25) is 6.79 Å². The summed E-state index contributed by atoms with van der Waals surface area (Å²) in [5.41, 5.74) is -0.411. The normalized spacial score (nSPS) is 12.2. The van der Waals surface area contributed by atoms with Crippen molar-refractivity contribution >= 4 is 23.5 Å². The molecule has 10 heteroatoms. The zero-order valence-corrected chi connectivity index (χ0v) is 14.0. The molecule has 2 aromatic rings. The molecule has 8 nitrogen and oxygen atoms in total. The van der Waals surface area contributed by atoms with Crippen LogP contribution in [0.4, 0.5) is 14.5 Å². The first-order valence-electron chi connectivity index (χ1n) is 7.76. The summed E-state index contributed by atoms with van der Waals surface area (Å²) in [5.74, 6) is -3.51. The van der Waals surface area contributed by atoms with Crippen molar-refractivity contribution in [2.24, 2.45) is 0 Å². The quantitative estimate of drug-likeness (QED) is 0.245. The van der Waals surface area contributed by atoms with Gasteiger partial charge in [0.05, 0.1) is 16.6 Å². The maximum Gasteiger partial charge on any atom is 0.331 e. The summed E-state index contributed by atoms with van der Waals surface area (Å²) in [4.78, 5) is 34.1. The lowest BCUT2D eigenvalue weighted by atomic mass is 10.1. The van der Waals surface area contributed by atoms with Gasteiger partial charge in [-0.1, -0.05) is 0 Å². The van der Waals surface area contributed by atoms with E-state index < -0.39 is 34.9 Å². The van der Waals surface area contributed by atoms with Crippen molar-refractivity contribution in [1.29, 1.82) is 0 Å². The number of benzene rings is 2. The summed E-state index contributed by atoms with van der Waals surface area (Å²) in [6.45, 7) is -0.786. The number of ether oxygens (including phenoxy) is 3. The highest BCUT2D eigenvalue weighted by Crippen LogP contribution is 2.38. The van der Waals surface area contributed by atoms with E-state index in [4.69, 9.17) is 14.2 Å². The first-order chi connectivity index (χ1) is 13.3. The van der Waals surface area contributed by atoms with E-state index in [-0.39, 0.29) is 35.1 Å². The minimum atomic E-state index is -1.20. The number of nitro benzene ring substituents is 1. The van der Waals surface area contributed by atoms with Crippen molar-refractivity contribution in [1.82, 2.24) is 0 Å². The number of esters is 1. The number of hydrogen-bond acceptors (Lipinski definition) is 7. The summed E-state index contributed by atoms with van der Waals surface area (Å²) < 4.78 is 40.9.